The van der Waals surface area contributed by atoms with Crippen molar-refractivity contribution in [2.75, 3.05) is 0 Å². The molecule has 0 radical (unpaired) electrons. The number of allylic oxidation sites excluding steroid dienone is 2. The van der Waals surface area contributed by atoms with E-state index in [0.717, 1.165) is 44.9 Å². The highest BCUT2D eigenvalue weighted by Crippen LogP contribution is 2.29. The Labute approximate surface area is 139 Å². The zero-order chi connectivity index (χ0) is 17.3. The average Bonchev–Trinajstić information content (AvgIpc) is 2.46. The van der Waals surface area contributed by atoms with Crippen molar-refractivity contribution in [3.63, 3.8) is 0 Å². The van der Waals surface area contributed by atoms with E-state index in [-0.39, 0.29) is 11.9 Å². The highest BCUT2D eigenvalue weighted by molar-refractivity contribution is 6.05. The maximum absolute atomic E-state index is 12.4. The van der Waals surface area contributed by atoms with E-state index in [1.165, 1.54) is 6.92 Å². The molecule has 0 aromatic carbocycles. The van der Waals surface area contributed by atoms with Gasteiger partial charge in [-0.2, -0.15) is 0 Å². The first-order valence-corrected chi connectivity index (χ1v) is 8.66. The van der Waals surface area contributed by atoms with Crippen LogP contribution >= 0.6 is 0 Å². The minimum absolute atomic E-state index is 0.105. The summed E-state index contributed by atoms with van der Waals surface area (Å²) in [5.41, 5.74) is -0.469. The molecule has 4 heteroatoms. The second kappa shape index (κ2) is 9.66. The lowest BCUT2D eigenvalue weighted by Gasteiger charge is -2.30. The molecule has 23 heavy (non-hydrogen) atoms. The van der Waals surface area contributed by atoms with Crippen LogP contribution in [0, 0.1) is 0 Å². The molecule has 1 aliphatic rings. The van der Waals surface area contributed by atoms with E-state index in [4.69, 9.17) is 4.74 Å². The summed E-state index contributed by atoms with van der Waals surface area (Å²) in [5, 5.41) is 9.20. The summed E-state index contributed by atoms with van der Waals surface area (Å²) in [7, 11) is 0. The molecule has 0 saturated carbocycles. The third-order valence-corrected chi connectivity index (χ3v) is 4.20. The van der Waals surface area contributed by atoms with Crippen LogP contribution < -0.4 is 0 Å². The summed E-state index contributed by atoms with van der Waals surface area (Å²) in [6.45, 7) is 4.92. The summed E-state index contributed by atoms with van der Waals surface area (Å²) in [6, 6.07) is 0. The number of unbranched alkanes of at least 4 members (excludes halogenated alkanes) is 5. The largest absolute Gasteiger partial charge is 0.447 e. The van der Waals surface area contributed by atoms with Gasteiger partial charge in [-0.1, -0.05) is 44.3 Å². The van der Waals surface area contributed by atoms with Gasteiger partial charge in [0.1, 0.15) is 0 Å². The third-order valence-electron chi connectivity index (χ3n) is 4.20. The number of hydrogen-bond donors (Lipinski definition) is 1. The molecule has 0 fully saturated rings. The number of ether oxygens (including phenoxy) is 1. The fourth-order valence-corrected chi connectivity index (χ4v) is 2.95. The summed E-state index contributed by atoms with van der Waals surface area (Å²) >= 11 is 0. The Morgan fingerprint density at radius 1 is 1.22 bits per heavy atom. The molecule has 0 heterocycles. The first-order valence-electron chi connectivity index (χ1n) is 8.66. The van der Waals surface area contributed by atoms with E-state index in [0.29, 0.717) is 12.0 Å². The van der Waals surface area contributed by atoms with Crippen LogP contribution in [0.4, 0.5) is 0 Å². The van der Waals surface area contributed by atoms with E-state index in [1.54, 1.807) is 25.2 Å². The van der Waals surface area contributed by atoms with Crippen LogP contribution in [-0.2, 0) is 14.3 Å². The van der Waals surface area contributed by atoms with Gasteiger partial charge in [-0.25, -0.2) is 0 Å². The molecule has 0 amide bonds. The number of rotatable bonds is 10. The second-order valence-corrected chi connectivity index (χ2v) is 6.53. The molecule has 0 aromatic heterocycles. The molecule has 1 aliphatic carbocycles. The van der Waals surface area contributed by atoms with Gasteiger partial charge in [0, 0.05) is 6.92 Å². The van der Waals surface area contributed by atoms with Crippen molar-refractivity contribution in [3.8, 4) is 0 Å². The summed E-state index contributed by atoms with van der Waals surface area (Å²) in [6.07, 6.45) is 12.8. The lowest BCUT2D eigenvalue weighted by Crippen LogP contribution is -2.42. The van der Waals surface area contributed by atoms with Crippen LogP contribution in [0.2, 0.25) is 0 Å². The van der Waals surface area contributed by atoms with E-state index in [9.17, 15) is 14.7 Å². The van der Waals surface area contributed by atoms with Crippen molar-refractivity contribution in [3.05, 3.63) is 23.8 Å². The van der Waals surface area contributed by atoms with Crippen LogP contribution in [-0.4, -0.2) is 28.6 Å². The van der Waals surface area contributed by atoms with Gasteiger partial charge in [-0.15, -0.1) is 0 Å². The predicted octanol–water partition coefficient (Wildman–Crippen LogP) is 3.88. The first kappa shape index (κ1) is 19.6. The van der Waals surface area contributed by atoms with E-state index in [1.807, 2.05) is 6.92 Å². The average molecular weight is 322 g/mol. The minimum atomic E-state index is -1.10. The summed E-state index contributed by atoms with van der Waals surface area (Å²) < 4.78 is 5.39. The highest BCUT2D eigenvalue weighted by atomic mass is 16.6. The smallest absolute Gasteiger partial charge is 0.303 e. The van der Waals surface area contributed by atoms with Crippen molar-refractivity contribution in [2.24, 2.45) is 0 Å². The molecular weight excluding hydrogens is 292 g/mol. The normalized spacial score (nSPS) is 21.9. The number of Topliss-reactive ketones (excluding diaryl/α,β-unsaturated/α-hetero) is 1. The molecule has 130 valence electrons. The number of ketones is 1. The Balaban J connectivity index is 2.36. The monoisotopic (exact) mass is 322 g/mol. The number of carbonyl (C=O) groups excluding carboxylic acids is 2. The van der Waals surface area contributed by atoms with Gasteiger partial charge in [0.25, 0.3) is 0 Å². The molecule has 2 unspecified atom stereocenters. The summed E-state index contributed by atoms with van der Waals surface area (Å²) in [4.78, 5) is 23.8. The van der Waals surface area contributed by atoms with Crippen LogP contribution in [0.3, 0.4) is 0 Å². The first-order chi connectivity index (χ1) is 10.9. The van der Waals surface area contributed by atoms with Gasteiger partial charge in [-0.05, 0) is 44.8 Å². The van der Waals surface area contributed by atoms with Gasteiger partial charge in [0.05, 0.1) is 6.10 Å². The SMILES string of the molecule is CC(=O)OC1(CCCCCCCCC(C)O)C=CC=C(C)C1=O. The molecule has 1 rings (SSSR count). The number of hydrogen-bond acceptors (Lipinski definition) is 4. The van der Waals surface area contributed by atoms with Crippen molar-refractivity contribution in [1.82, 2.24) is 0 Å². The zero-order valence-electron chi connectivity index (χ0n) is 14.6. The highest BCUT2D eigenvalue weighted by Gasteiger charge is 2.40. The fraction of sp³-hybridized carbons (Fsp3) is 0.684. The van der Waals surface area contributed by atoms with Crippen molar-refractivity contribution >= 4 is 11.8 Å². The van der Waals surface area contributed by atoms with Crippen LogP contribution in [0.15, 0.2) is 23.8 Å². The molecule has 0 spiro atoms. The standard InChI is InChI=1S/C19H30O4/c1-15-11-10-14-19(18(15)22,23-17(3)21)13-9-7-5-4-6-8-12-16(2)20/h10-11,14,16,20H,4-9,12-13H2,1-3H3. The zero-order valence-corrected chi connectivity index (χ0v) is 14.6. The molecule has 0 saturated heterocycles. The Morgan fingerprint density at radius 3 is 2.43 bits per heavy atom. The van der Waals surface area contributed by atoms with Crippen LogP contribution in [0.5, 0.6) is 0 Å². The van der Waals surface area contributed by atoms with E-state index in [2.05, 4.69) is 0 Å². The lowest BCUT2D eigenvalue weighted by atomic mass is 9.84. The maximum Gasteiger partial charge on any atom is 0.303 e. The maximum atomic E-state index is 12.4. The fourth-order valence-electron chi connectivity index (χ4n) is 2.95. The van der Waals surface area contributed by atoms with Crippen LogP contribution in [0.1, 0.15) is 72.1 Å². The topological polar surface area (TPSA) is 63.6 Å². The van der Waals surface area contributed by atoms with E-state index >= 15 is 0 Å². The molecule has 1 N–H and O–H groups in total. The Hall–Kier alpha value is -1.42. The number of aliphatic hydroxyl groups excluding tert-OH is 1. The second-order valence-electron chi connectivity index (χ2n) is 6.53. The minimum Gasteiger partial charge on any atom is -0.447 e. The lowest BCUT2D eigenvalue weighted by molar-refractivity contribution is -0.159. The Bertz CT molecular complexity index is 462. The van der Waals surface area contributed by atoms with Gasteiger partial charge in [0.2, 0.25) is 5.78 Å². The van der Waals surface area contributed by atoms with Crippen molar-refractivity contribution in [2.45, 2.75) is 83.8 Å². The van der Waals surface area contributed by atoms with Crippen molar-refractivity contribution < 1.29 is 19.4 Å². The number of aliphatic hydroxyl groups is 1. The third kappa shape index (κ3) is 6.69. The number of carbonyl (C=O) groups is 2. The van der Waals surface area contributed by atoms with Gasteiger partial charge >= 0.3 is 5.97 Å². The molecule has 0 bridgehead atoms. The molecule has 0 aliphatic heterocycles. The quantitative estimate of drug-likeness (QED) is 0.490. The number of esters is 1. The van der Waals surface area contributed by atoms with Crippen molar-refractivity contribution in [1.29, 1.82) is 0 Å². The van der Waals surface area contributed by atoms with Gasteiger partial charge in [-0.3, -0.25) is 9.59 Å². The predicted molar refractivity (Wildman–Crippen MR) is 91.0 cm³/mol. The van der Waals surface area contributed by atoms with Crippen LogP contribution in [0.25, 0.3) is 0 Å². The summed E-state index contributed by atoms with van der Waals surface area (Å²) in [5.74, 6) is -0.525. The molecule has 4 nitrogen and oxygen atoms in total. The van der Waals surface area contributed by atoms with Gasteiger partial charge < -0.3 is 9.84 Å². The van der Waals surface area contributed by atoms with E-state index < -0.39 is 11.6 Å². The molecule has 0 aromatic rings. The Kier molecular flexibility index (Phi) is 8.24. The molecular formula is C19H30O4. The van der Waals surface area contributed by atoms with Gasteiger partial charge in [0.15, 0.2) is 5.60 Å². The molecule has 2 atom stereocenters. The Morgan fingerprint density at radius 2 is 1.83 bits per heavy atom.